The Balaban J connectivity index is 2.23. The second-order valence-electron chi connectivity index (χ2n) is 6.57. The Hall–Kier alpha value is -1.83. The minimum atomic E-state index is -0.589. The van der Waals surface area contributed by atoms with Gasteiger partial charge in [0.05, 0.1) is 17.8 Å². The maximum absolute atomic E-state index is 9.67. The molecular weight excluding hydrogens is 295 g/mol. The molecule has 1 aliphatic heterocycles. The lowest BCUT2D eigenvalue weighted by molar-refractivity contribution is 0.00578. The van der Waals surface area contributed by atoms with Crippen LogP contribution in [0.4, 0.5) is 0 Å². The second kappa shape index (κ2) is 6.35. The van der Waals surface area contributed by atoms with E-state index in [0.29, 0.717) is 11.0 Å². The summed E-state index contributed by atoms with van der Waals surface area (Å²) in [6, 6.07) is 7.10. The first kappa shape index (κ1) is 17.5. The summed E-state index contributed by atoms with van der Waals surface area (Å²) in [5.41, 5.74) is 6.74. The molecule has 0 spiro atoms. The monoisotopic (exact) mass is 318 g/mol. The SMILES string of the molecule is CC1(C)OB(C(=Cc2ccc(C(N)=NO)cc2)CO)OC1(C)C. The van der Waals surface area contributed by atoms with Crippen molar-refractivity contribution in [1.29, 1.82) is 0 Å². The van der Waals surface area contributed by atoms with E-state index in [0.717, 1.165) is 5.56 Å². The van der Waals surface area contributed by atoms with Crippen LogP contribution in [0, 0.1) is 0 Å². The molecule has 4 N–H and O–H groups in total. The molecule has 1 aromatic carbocycles. The summed E-state index contributed by atoms with van der Waals surface area (Å²) in [6.45, 7) is 7.70. The molecule has 23 heavy (non-hydrogen) atoms. The largest absolute Gasteiger partial charge is 0.492 e. The summed E-state index contributed by atoms with van der Waals surface area (Å²) in [5, 5.41) is 21.3. The molecule has 1 heterocycles. The van der Waals surface area contributed by atoms with Gasteiger partial charge in [-0.1, -0.05) is 35.5 Å². The van der Waals surface area contributed by atoms with Gasteiger partial charge in [-0.3, -0.25) is 0 Å². The van der Waals surface area contributed by atoms with Gasteiger partial charge in [0, 0.05) is 5.56 Å². The van der Waals surface area contributed by atoms with E-state index in [-0.39, 0.29) is 12.4 Å². The molecule has 0 saturated carbocycles. The summed E-state index contributed by atoms with van der Waals surface area (Å²) in [5.74, 6) is 0.0499. The van der Waals surface area contributed by atoms with E-state index in [1.54, 1.807) is 12.1 Å². The molecule has 0 atom stereocenters. The third-order valence-electron chi connectivity index (χ3n) is 4.40. The summed E-state index contributed by atoms with van der Waals surface area (Å²) >= 11 is 0. The Kier molecular flexibility index (Phi) is 4.84. The number of aliphatic hydroxyl groups is 1. The number of benzene rings is 1. The fourth-order valence-corrected chi connectivity index (χ4v) is 2.20. The highest BCUT2D eigenvalue weighted by Crippen LogP contribution is 2.38. The molecule has 7 heteroatoms. The van der Waals surface area contributed by atoms with Crippen molar-refractivity contribution in [3.05, 3.63) is 40.9 Å². The number of nitrogens with two attached hydrogens (primary N) is 1. The van der Waals surface area contributed by atoms with E-state index in [2.05, 4.69) is 5.16 Å². The second-order valence-corrected chi connectivity index (χ2v) is 6.57. The number of aliphatic hydroxyl groups excluding tert-OH is 1. The van der Waals surface area contributed by atoms with Gasteiger partial charge in [-0.05, 0) is 38.7 Å². The fraction of sp³-hybridized carbons (Fsp3) is 0.438. The minimum absolute atomic E-state index is 0.0499. The lowest BCUT2D eigenvalue weighted by Crippen LogP contribution is -2.41. The molecule has 1 fully saturated rings. The van der Waals surface area contributed by atoms with Crippen LogP contribution < -0.4 is 5.73 Å². The van der Waals surface area contributed by atoms with Crippen molar-refractivity contribution < 1.29 is 19.6 Å². The first-order valence-electron chi connectivity index (χ1n) is 7.45. The zero-order valence-electron chi connectivity index (χ0n) is 13.9. The molecule has 0 aliphatic carbocycles. The van der Waals surface area contributed by atoms with Crippen LogP contribution in [0.1, 0.15) is 38.8 Å². The summed E-state index contributed by atoms with van der Waals surface area (Å²) in [7, 11) is -0.589. The molecule has 0 amide bonds. The fourth-order valence-electron chi connectivity index (χ4n) is 2.20. The van der Waals surface area contributed by atoms with Crippen molar-refractivity contribution in [2.75, 3.05) is 6.61 Å². The maximum atomic E-state index is 9.67. The Morgan fingerprint density at radius 1 is 1.17 bits per heavy atom. The lowest BCUT2D eigenvalue weighted by Gasteiger charge is -2.32. The van der Waals surface area contributed by atoms with Crippen LogP contribution in [0.15, 0.2) is 34.9 Å². The topological polar surface area (TPSA) is 97.3 Å². The number of hydrogen-bond acceptors (Lipinski definition) is 5. The summed E-state index contributed by atoms with van der Waals surface area (Å²) < 4.78 is 11.9. The van der Waals surface area contributed by atoms with Crippen LogP contribution in [0.3, 0.4) is 0 Å². The van der Waals surface area contributed by atoms with Crippen molar-refractivity contribution in [2.24, 2.45) is 10.9 Å². The molecule has 2 rings (SSSR count). The van der Waals surface area contributed by atoms with Crippen LogP contribution in [-0.4, -0.2) is 41.1 Å². The minimum Gasteiger partial charge on any atom is -0.409 e. The van der Waals surface area contributed by atoms with Gasteiger partial charge in [-0.25, -0.2) is 0 Å². The predicted octanol–water partition coefficient (Wildman–Crippen LogP) is 1.79. The van der Waals surface area contributed by atoms with Gasteiger partial charge >= 0.3 is 7.12 Å². The van der Waals surface area contributed by atoms with Crippen molar-refractivity contribution >= 4 is 19.0 Å². The summed E-state index contributed by atoms with van der Waals surface area (Å²) in [6.07, 6.45) is 1.82. The van der Waals surface area contributed by atoms with Crippen LogP contribution in [0.25, 0.3) is 6.08 Å². The van der Waals surface area contributed by atoms with Gasteiger partial charge in [0.25, 0.3) is 0 Å². The average molecular weight is 318 g/mol. The van der Waals surface area contributed by atoms with Crippen LogP contribution in [-0.2, 0) is 9.31 Å². The Labute approximate surface area is 136 Å². The molecule has 1 aliphatic rings. The van der Waals surface area contributed by atoms with E-state index in [1.807, 2.05) is 45.9 Å². The van der Waals surface area contributed by atoms with E-state index in [9.17, 15) is 5.11 Å². The summed E-state index contributed by atoms with van der Waals surface area (Å²) in [4.78, 5) is 0. The number of hydrogen-bond donors (Lipinski definition) is 3. The molecule has 0 aromatic heterocycles. The Bertz CT molecular complexity index is 607. The molecule has 0 unspecified atom stereocenters. The molecule has 1 aromatic rings. The van der Waals surface area contributed by atoms with Gasteiger partial charge in [-0.15, -0.1) is 0 Å². The van der Waals surface area contributed by atoms with E-state index in [4.69, 9.17) is 20.2 Å². The maximum Gasteiger partial charge on any atom is 0.492 e. The zero-order chi connectivity index (χ0) is 17.3. The highest BCUT2D eigenvalue weighted by molar-refractivity contribution is 6.55. The number of amidine groups is 1. The van der Waals surface area contributed by atoms with Gasteiger partial charge < -0.3 is 25.4 Å². The Morgan fingerprint density at radius 2 is 1.70 bits per heavy atom. The van der Waals surface area contributed by atoms with Crippen molar-refractivity contribution in [2.45, 2.75) is 38.9 Å². The van der Waals surface area contributed by atoms with Gasteiger partial charge in [0.1, 0.15) is 0 Å². The number of rotatable bonds is 4. The Morgan fingerprint density at radius 3 is 2.13 bits per heavy atom. The molecule has 124 valence electrons. The van der Waals surface area contributed by atoms with E-state index in [1.165, 1.54) is 0 Å². The van der Waals surface area contributed by atoms with Gasteiger partial charge in [0.15, 0.2) is 5.84 Å². The van der Waals surface area contributed by atoms with Crippen molar-refractivity contribution in [1.82, 2.24) is 0 Å². The molecule has 6 nitrogen and oxygen atoms in total. The molecule has 0 bridgehead atoms. The highest BCUT2D eigenvalue weighted by Gasteiger charge is 2.52. The van der Waals surface area contributed by atoms with Crippen molar-refractivity contribution in [3.63, 3.8) is 0 Å². The molecule has 1 saturated heterocycles. The van der Waals surface area contributed by atoms with E-state index < -0.39 is 18.3 Å². The molecule has 0 radical (unpaired) electrons. The number of oxime groups is 1. The van der Waals surface area contributed by atoms with Crippen LogP contribution in [0.2, 0.25) is 0 Å². The first-order chi connectivity index (χ1) is 10.7. The third kappa shape index (κ3) is 3.58. The quantitative estimate of drug-likeness (QED) is 0.258. The van der Waals surface area contributed by atoms with E-state index >= 15 is 0 Å². The zero-order valence-corrected chi connectivity index (χ0v) is 13.9. The third-order valence-corrected chi connectivity index (χ3v) is 4.40. The highest BCUT2D eigenvalue weighted by atomic mass is 16.7. The lowest BCUT2D eigenvalue weighted by atomic mass is 9.77. The predicted molar refractivity (Wildman–Crippen MR) is 90.1 cm³/mol. The van der Waals surface area contributed by atoms with Crippen LogP contribution >= 0.6 is 0 Å². The van der Waals surface area contributed by atoms with Gasteiger partial charge in [-0.2, -0.15) is 0 Å². The first-order valence-corrected chi connectivity index (χ1v) is 7.45. The number of nitrogens with zero attached hydrogens (tertiary/aromatic N) is 1. The normalized spacial score (nSPS) is 20.8. The van der Waals surface area contributed by atoms with Crippen molar-refractivity contribution in [3.8, 4) is 0 Å². The van der Waals surface area contributed by atoms with Gasteiger partial charge in [0.2, 0.25) is 0 Å². The average Bonchev–Trinajstić information content (AvgIpc) is 2.72. The molecular formula is C16H23BN2O4. The standard InChI is InChI=1S/C16H23BN2O4/c1-15(2)16(3,4)23-17(22-15)13(10-20)9-11-5-7-12(8-6-11)14(18)19-21/h5-9,20-21H,10H2,1-4H3,(H2,18,19). The van der Waals surface area contributed by atoms with Crippen LogP contribution in [0.5, 0.6) is 0 Å². The smallest absolute Gasteiger partial charge is 0.409 e.